The summed E-state index contributed by atoms with van der Waals surface area (Å²) in [7, 11) is 0. The summed E-state index contributed by atoms with van der Waals surface area (Å²) < 4.78 is 9.57. The van der Waals surface area contributed by atoms with Gasteiger partial charge in [-0.1, -0.05) is 26.7 Å². The summed E-state index contributed by atoms with van der Waals surface area (Å²) in [5.74, 6) is -0.728. The lowest BCUT2D eigenvalue weighted by atomic mass is 10.3. The number of carbonyl (C=O) groups is 3. The minimum absolute atomic E-state index is 0.0423. The van der Waals surface area contributed by atoms with Gasteiger partial charge >= 0.3 is 18.0 Å². The zero-order valence-corrected chi connectivity index (χ0v) is 14.1. The average molecular weight is 335 g/mol. The molecule has 2 N–H and O–H groups in total. The van der Waals surface area contributed by atoms with Crippen LogP contribution in [-0.2, 0) is 19.1 Å². The Morgan fingerprint density at radius 1 is 1.18 bits per heavy atom. The molecule has 0 aromatic rings. The SMILES string of the molecule is CCCCCS[C@@H](CNC(=O)O[C@@H](C)OC(=O)CC)C(=O)O. The van der Waals surface area contributed by atoms with Crippen LogP contribution in [0.1, 0.15) is 46.5 Å². The maximum Gasteiger partial charge on any atom is 0.410 e. The molecule has 0 bridgehead atoms. The highest BCUT2D eigenvalue weighted by atomic mass is 32.2. The van der Waals surface area contributed by atoms with Gasteiger partial charge in [0.1, 0.15) is 5.25 Å². The number of unbranched alkanes of at least 4 members (excludes halogenated alkanes) is 2. The van der Waals surface area contributed by atoms with Crippen LogP contribution >= 0.6 is 11.8 Å². The Morgan fingerprint density at radius 3 is 2.41 bits per heavy atom. The Balaban J connectivity index is 4.05. The number of amides is 1. The average Bonchev–Trinajstić information content (AvgIpc) is 2.45. The zero-order chi connectivity index (χ0) is 17.0. The molecular formula is C14H25NO6S. The molecule has 128 valence electrons. The third-order valence-electron chi connectivity index (χ3n) is 2.63. The van der Waals surface area contributed by atoms with Crippen molar-refractivity contribution in [2.75, 3.05) is 12.3 Å². The molecule has 0 aliphatic rings. The second-order valence-corrected chi connectivity index (χ2v) is 5.91. The van der Waals surface area contributed by atoms with E-state index in [2.05, 4.69) is 12.2 Å². The van der Waals surface area contributed by atoms with Gasteiger partial charge in [0.2, 0.25) is 6.29 Å². The van der Waals surface area contributed by atoms with Gasteiger partial charge in [0.15, 0.2) is 0 Å². The number of ether oxygens (including phenoxy) is 2. The Bertz CT molecular complexity index is 363. The van der Waals surface area contributed by atoms with Crippen LogP contribution in [0.5, 0.6) is 0 Å². The first kappa shape index (κ1) is 20.6. The molecule has 2 atom stereocenters. The highest BCUT2D eigenvalue weighted by Gasteiger charge is 2.20. The van der Waals surface area contributed by atoms with E-state index in [0.717, 1.165) is 25.0 Å². The molecule has 0 aromatic heterocycles. The van der Waals surface area contributed by atoms with Crippen molar-refractivity contribution in [3.05, 3.63) is 0 Å². The number of alkyl carbamates (subject to hydrolysis) is 1. The van der Waals surface area contributed by atoms with Crippen molar-refractivity contribution >= 4 is 29.8 Å². The molecule has 0 rings (SSSR count). The smallest absolute Gasteiger partial charge is 0.410 e. The predicted molar refractivity (Wildman–Crippen MR) is 83.7 cm³/mol. The minimum atomic E-state index is -1.01. The van der Waals surface area contributed by atoms with Crippen LogP contribution in [0.4, 0.5) is 4.79 Å². The Labute approximate surface area is 135 Å². The predicted octanol–water partition coefficient (Wildman–Crippen LogP) is 2.39. The zero-order valence-electron chi connectivity index (χ0n) is 13.3. The molecule has 7 nitrogen and oxygen atoms in total. The van der Waals surface area contributed by atoms with Gasteiger partial charge in [-0.3, -0.25) is 9.59 Å². The first-order valence-electron chi connectivity index (χ1n) is 7.39. The van der Waals surface area contributed by atoms with E-state index < -0.39 is 29.6 Å². The lowest BCUT2D eigenvalue weighted by molar-refractivity contribution is -0.164. The number of hydrogen-bond acceptors (Lipinski definition) is 6. The van der Waals surface area contributed by atoms with Crippen molar-refractivity contribution < 1.29 is 29.0 Å². The summed E-state index contributed by atoms with van der Waals surface area (Å²) in [6, 6.07) is 0. The van der Waals surface area contributed by atoms with Gasteiger partial charge in [-0.2, -0.15) is 0 Å². The second kappa shape index (κ2) is 12.1. The summed E-state index contributed by atoms with van der Waals surface area (Å²) in [6.45, 7) is 5.08. The lowest BCUT2D eigenvalue weighted by Crippen LogP contribution is -2.37. The standard InChI is InChI=1S/C14H25NO6S/c1-4-6-7-8-22-11(13(17)18)9-15-14(19)21-10(3)20-12(16)5-2/h10-11H,4-9H2,1-3H3,(H,15,19)(H,17,18)/t10-,11-/m0/s1. The lowest BCUT2D eigenvalue weighted by Gasteiger charge is -2.16. The van der Waals surface area contributed by atoms with E-state index in [1.54, 1.807) is 6.92 Å². The second-order valence-electron chi connectivity index (χ2n) is 4.60. The molecule has 0 aliphatic carbocycles. The molecular weight excluding hydrogens is 310 g/mol. The number of carboxylic acids is 1. The molecule has 22 heavy (non-hydrogen) atoms. The molecule has 0 radical (unpaired) electrons. The normalized spacial score (nSPS) is 13.0. The summed E-state index contributed by atoms with van der Waals surface area (Å²) in [6.07, 6.45) is 1.43. The molecule has 0 aliphatic heterocycles. The van der Waals surface area contributed by atoms with Gasteiger partial charge in [0.25, 0.3) is 0 Å². The van der Waals surface area contributed by atoms with Crippen LogP contribution in [0.2, 0.25) is 0 Å². The van der Waals surface area contributed by atoms with E-state index in [4.69, 9.17) is 14.6 Å². The topological polar surface area (TPSA) is 102 Å². The van der Waals surface area contributed by atoms with Gasteiger partial charge in [-0.05, 0) is 12.2 Å². The maximum absolute atomic E-state index is 11.5. The van der Waals surface area contributed by atoms with Crippen molar-refractivity contribution in [2.24, 2.45) is 0 Å². The van der Waals surface area contributed by atoms with Crippen molar-refractivity contribution in [1.29, 1.82) is 0 Å². The van der Waals surface area contributed by atoms with E-state index in [-0.39, 0.29) is 13.0 Å². The number of hydrogen-bond donors (Lipinski definition) is 2. The molecule has 0 spiro atoms. The van der Waals surface area contributed by atoms with E-state index in [1.807, 2.05) is 0 Å². The van der Waals surface area contributed by atoms with Gasteiger partial charge in [0.05, 0.1) is 0 Å². The highest BCUT2D eigenvalue weighted by molar-refractivity contribution is 8.00. The summed E-state index contributed by atoms with van der Waals surface area (Å²) in [5, 5.41) is 10.7. The van der Waals surface area contributed by atoms with Crippen LogP contribution < -0.4 is 5.32 Å². The monoisotopic (exact) mass is 335 g/mol. The molecule has 0 heterocycles. The van der Waals surface area contributed by atoms with E-state index >= 15 is 0 Å². The maximum atomic E-state index is 11.5. The third-order valence-corrected chi connectivity index (χ3v) is 3.93. The van der Waals surface area contributed by atoms with E-state index in [0.29, 0.717) is 0 Å². The van der Waals surface area contributed by atoms with Gasteiger partial charge in [-0.25, -0.2) is 4.79 Å². The Kier molecular flexibility index (Phi) is 11.3. The fourth-order valence-corrected chi connectivity index (χ4v) is 2.46. The van der Waals surface area contributed by atoms with Gasteiger partial charge in [-0.15, -0.1) is 11.8 Å². The first-order valence-corrected chi connectivity index (χ1v) is 8.43. The number of rotatable bonds is 11. The van der Waals surface area contributed by atoms with Crippen molar-refractivity contribution in [3.63, 3.8) is 0 Å². The molecule has 0 saturated heterocycles. The number of esters is 1. The third kappa shape index (κ3) is 10.3. The molecule has 0 unspecified atom stereocenters. The fraction of sp³-hybridized carbons (Fsp3) is 0.786. The van der Waals surface area contributed by atoms with Gasteiger partial charge < -0.3 is 19.9 Å². The Hall–Kier alpha value is -1.44. The number of carbonyl (C=O) groups excluding carboxylic acids is 2. The molecule has 0 fully saturated rings. The summed E-state index contributed by atoms with van der Waals surface area (Å²) in [4.78, 5) is 33.6. The van der Waals surface area contributed by atoms with Crippen LogP contribution in [0.15, 0.2) is 0 Å². The molecule has 0 aromatic carbocycles. The quantitative estimate of drug-likeness (QED) is 0.339. The number of aliphatic carboxylic acids is 1. The number of thioether (sulfide) groups is 1. The summed E-state index contributed by atoms with van der Waals surface area (Å²) in [5.41, 5.74) is 0. The Morgan fingerprint density at radius 2 is 1.86 bits per heavy atom. The minimum Gasteiger partial charge on any atom is -0.480 e. The van der Waals surface area contributed by atoms with Crippen LogP contribution in [0.3, 0.4) is 0 Å². The largest absolute Gasteiger partial charge is 0.480 e. The van der Waals surface area contributed by atoms with Crippen molar-refractivity contribution in [3.8, 4) is 0 Å². The highest BCUT2D eigenvalue weighted by Crippen LogP contribution is 2.13. The van der Waals surface area contributed by atoms with E-state index in [1.165, 1.54) is 18.7 Å². The number of nitrogens with one attached hydrogen (secondary N) is 1. The molecule has 1 amide bonds. The van der Waals surface area contributed by atoms with Crippen molar-refractivity contribution in [1.82, 2.24) is 5.32 Å². The fourth-order valence-electron chi connectivity index (χ4n) is 1.46. The van der Waals surface area contributed by atoms with Crippen LogP contribution in [0.25, 0.3) is 0 Å². The molecule has 8 heteroatoms. The van der Waals surface area contributed by atoms with Gasteiger partial charge in [0, 0.05) is 19.9 Å². The number of carboxylic acid groups (broad SMARTS) is 1. The van der Waals surface area contributed by atoms with Crippen LogP contribution in [0, 0.1) is 0 Å². The van der Waals surface area contributed by atoms with Crippen molar-refractivity contribution in [2.45, 2.75) is 58.0 Å². The molecule has 0 saturated carbocycles. The summed E-state index contributed by atoms with van der Waals surface area (Å²) >= 11 is 1.29. The van der Waals surface area contributed by atoms with Crippen LogP contribution in [-0.4, -0.2) is 47.0 Å². The van der Waals surface area contributed by atoms with E-state index in [9.17, 15) is 14.4 Å². The first-order chi connectivity index (χ1) is 10.4.